The first-order valence-corrected chi connectivity index (χ1v) is 11.8. The molecule has 3 N–H and O–H groups in total. The largest absolute Gasteiger partial charge is 0.383 e. The van der Waals surface area contributed by atoms with Crippen LogP contribution in [0.5, 0.6) is 0 Å². The van der Waals surface area contributed by atoms with Gasteiger partial charge in [-0.25, -0.2) is 4.79 Å². The van der Waals surface area contributed by atoms with Gasteiger partial charge in [-0.05, 0) is 31.0 Å². The Bertz CT molecular complexity index is 1060. The number of likely N-dealkylation sites (N-methyl/N-ethyl adjacent to an activating group) is 1. The van der Waals surface area contributed by atoms with E-state index in [1.807, 2.05) is 31.2 Å². The van der Waals surface area contributed by atoms with E-state index >= 15 is 0 Å². The van der Waals surface area contributed by atoms with E-state index in [0.29, 0.717) is 6.54 Å². The molecule has 0 aliphatic carbocycles. The van der Waals surface area contributed by atoms with E-state index in [0.717, 1.165) is 50.6 Å². The third-order valence-electron chi connectivity index (χ3n) is 5.98. The summed E-state index contributed by atoms with van der Waals surface area (Å²) in [6, 6.07) is 7.84. The number of anilines is 2. The number of carbonyl (C=O) groups is 1. The Hall–Kier alpha value is -2.62. The average Bonchev–Trinajstić information content (AvgIpc) is 2.79. The molecule has 2 heterocycles. The van der Waals surface area contributed by atoms with E-state index < -0.39 is 11.2 Å². The molecule has 1 aliphatic heterocycles. The fourth-order valence-corrected chi connectivity index (χ4v) is 4.19. The molecule has 33 heavy (non-hydrogen) atoms. The summed E-state index contributed by atoms with van der Waals surface area (Å²) in [7, 11) is 0. The summed E-state index contributed by atoms with van der Waals surface area (Å²) in [4.78, 5) is 46.0. The predicted octanol–water partition coefficient (Wildman–Crippen LogP) is 1.74. The molecular weight excluding hydrogens is 444 g/mol. The molecule has 1 aromatic carbocycles. The molecule has 1 aromatic heterocycles. The summed E-state index contributed by atoms with van der Waals surface area (Å²) in [5.74, 6) is -0.165. The lowest BCUT2D eigenvalue weighted by Gasteiger charge is -2.35. The number of nitrogens with one attached hydrogen (secondary N) is 1. The topological polar surface area (TPSA) is 108 Å². The number of hydrogen-bond acceptors (Lipinski definition) is 6. The molecule has 1 aliphatic rings. The number of unbranched alkanes of at least 4 members (excludes halogenated alkanes) is 1. The summed E-state index contributed by atoms with van der Waals surface area (Å²) in [6.45, 7) is 8.69. The van der Waals surface area contributed by atoms with E-state index in [9.17, 15) is 14.4 Å². The lowest BCUT2D eigenvalue weighted by Crippen LogP contribution is -2.50. The number of hydrogen-bond donors (Lipinski definition) is 2. The van der Waals surface area contributed by atoms with Crippen LogP contribution in [0, 0.1) is 0 Å². The van der Waals surface area contributed by atoms with E-state index in [2.05, 4.69) is 14.8 Å². The molecule has 3 rings (SSSR count). The highest BCUT2D eigenvalue weighted by molar-refractivity contribution is 6.30. The van der Waals surface area contributed by atoms with Crippen LogP contribution >= 0.6 is 11.6 Å². The maximum Gasteiger partial charge on any atom is 0.330 e. The second-order valence-corrected chi connectivity index (χ2v) is 8.75. The molecule has 9 nitrogen and oxygen atoms in total. The minimum Gasteiger partial charge on any atom is -0.383 e. The Morgan fingerprint density at radius 3 is 2.33 bits per heavy atom. The van der Waals surface area contributed by atoms with Crippen molar-refractivity contribution in [2.45, 2.75) is 39.8 Å². The lowest BCUT2D eigenvalue weighted by molar-refractivity contribution is -0.120. The molecule has 0 radical (unpaired) electrons. The first-order chi connectivity index (χ1) is 15.8. The smallest absolute Gasteiger partial charge is 0.330 e. The van der Waals surface area contributed by atoms with Gasteiger partial charge in [0.15, 0.2) is 5.69 Å². The molecule has 0 unspecified atom stereocenters. The van der Waals surface area contributed by atoms with Crippen LogP contribution in [0.1, 0.15) is 32.3 Å². The zero-order valence-corrected chi connectivity index (χ0v) is 20.1. The van der Waals surface area contributed by atoms with Crippen molar-refractivity contribution in [2.24, 2.45) is 0 Å². The number of piperazine rings is 1. The quantitative estimate of drug-likeness (QED) is 0.570. The summed E-state index contributed by atoms with van der Waals surface area (Å²) in [6.07, 6.45) is 1.62. The summed E-state index contributed by atoms with van der Waals surface area (Å²) < 4.78 is 1.34. The maximum absolute atomic E-state index is 13.1. The van der Waals surface area contributed by atoms with Gasteiger partial charge in [0.25, 0.3) is 5.56 Å². The molecule has 1 fully saturated rings. The molecule has 1 amide bonds. The van der Waals surface area contributed by atoms with Crippen molar-refractivity contribution in [2.75, 3.05) is 49.9 Å². The number of nitrogen functional groups attached to an aromatic ring is 1. The third kappa shape index (κ3) is 6.25. The fourth-order valence-electron chi connectivity index (χ4n) is 4.07. The molecule has 0 atom stereocenters. The Labute approximate surface area is 198 Å². The second-order valence-electron chi connectivity index (χ2n) is 8.32. The monoisotopic (exact) mass is 476 g/mol. The van der Waals surface area contributed by atoms with E-state index in [1.165, 1.54) is 15.0 Å². The maximum atomic E-state index is 13.1. The standard InChI is InChI=1S/C23H33ClN6O3/c1-3-5-10-30-21(25)20(22(32)26-23(30)33)29(4-2)19(31)16-28-13-11-27(12-14-28)15-17-6-8-18(24)9-7-17/h6-9H,3-5,10-16,25H2,1-2H3,(H,26,32,33). The Kier molecular flexibility index (Phi) is 8.71. The first-order valence-electron chi connectivity index (χ1n) is 11.5. The van der Waals surface area contributed by atoms with Gasteiger partial charge in [-0.2, -0.15) is 0 Å². The van der Waals surface area contributed by atoms with E-state index in [1.54, 1.807) is 6.92 Å². The molecular formula is C23H33ClN6O3. The van der Waals surface area contributed by atoms with Crippen LogP contribution in [0.4, 0.5) is 11.5 Å². The van der Waals surface area contributed by atoms with Crippen molar-refractivity contribution in [1.29, 1.82) is 0 Å². The minimum atomic E-state index is -0.631. The second kappa shape index (κ2) is 11.5. The van der Waals surface area contributed by atoms with Gasteiger partial charge in [-0.15, -0.1) is 0 Å². The fraction of sp³-hybridized carbons (Fsp3) is 0.522. The molecule has 0 saturated carbocycles. The Balaban J connectivity index is 1.64. The van der Waals surface area contributed by atoms with Crippen molar-refractivity contribution < 1.29 is 4.79 Å². The van der Waals surface area contributed by atoms with Crippen molar-refractivity contribution in [3.63, 3.8) is 0 Å². The number of rotatable bonds is 9. The van der Waals surface area contributed by atoms with Crippen LogP contribution in [0.3, 0.4) is 0 Å². The van der Waals surface area contributed by atoms with Gasteiger partial charge in [-0.1, -0.05) is 37.1 Å². The van der Waals surface area contributed by atoms with Gasteiger partial charge in [0.05, 0.1) is 6.54 Å². The van der Waals surface area contributed by atoms with Crippen LogP contribution in [0.25, 0.3) is 0 Å². The molecule has 1 saturated heterocycles. The SMILES string of the molecule is CCCCn1c(N)c(N(CC)C(=O)CN2CCN(Cc3ccc(Cl)cc3)CC2)c(=O)[nH]c1=O. The lowest BCUT2D eigenvalue weighted by atomic mass is 10.2. The molecule has 0 bridgehead atoms. The summed E-state index contributed by atoms with van der Waals surface area (Å²) in [5, 5.41) is 0.725. The van der Waals surface area contributed by atoms with Crippen LogP contribution < -0.4 is 21.9 Å². The zero-order chi connectivity index (χ0) is 24.0. The van der Waals surface area contributed by atoms with Crippen molar-refractivity contribution in [3.8, 4) is 0 Å². The van der Waals surface area contributed by atoms with E-state index in [-0.39, 0.29) is 30.5 Å². The molecule has 10 heteroatoms. The minimum absolute atomic E-state index is 0.0418. The van der Waals surface area contributed by atoms with Crippen molar-refractivity contribution in [1.82, 2.24) is 19.4 Å². The average molecular weight is 477 g/mol. The zero-order valence-electron chi connectivity index (χ0n) is 19.3. The van der Waals surface area contributed by atoms with Gasteiger partial charge in [-0.3, -0.25) is 28.9 Å². The molecule has 180 valence electrons. The van der Waals surface area contributed by atoms with Crippen LogP contribution in [0.2, 0.25) is 5.02 Å². The van der Waals surface area contributed by atoms with Gasteiger partial charge < -0.3 is 10.6 Å². The number of aromatic amines is 1. The normalized spacial score (nSPS) is 15.0. The number of benzene rings is 1. The van der Waals surface area contributed by atoms with Gasteiger partial charge >= 0.3 is 5.69 Å². The highest BCUT2D eigenvalue weighted by atomic mass is 35.5. The highest BCUT2D eigenvalue weighted by Crippen LogP contribution is 2.18. The number of carbonyl (C=O) groups excluding carboxylic acids is 1. The number of nitrogens with two attached hydrogens (primary N) is 1. The molecule has 0 spiro atoms. The van der Waals surface area contributed by atoms with Crippen molar-refractivity contribution >= 4 is 29.0 Å². The first kappa shape index (κ1) is 25.0. The number of H-pyrrole nitrogens is 1. The van der Waals surface area contributed by atoms with Gasteiger partial charge in [0.2, 0.25) is 5.91 Å². The van der Waals surface area contributed by atoms with Crippen LogP contribution in [-0.4, -0.2) is 64.5 Å². The van der Waals surface area contributed by atoms with Gasteiger partial charge in [0.1, 0.15) is 5.82 Å². The number of amides is 1. The Morgan fingerprint density at radius 2 is 1.73 bits per heavy atom. The van der Waals surface area contributed by atoms with E-state index in [4.69, 9.17) is 17.3 Å². The predicted molar refractivity (Wildman–Crippen MR) is 132 cm³/mol. The number of aromatic nitrogens is 2. The molecule has 2 aromatic rings. The summed E-state index contributed by atoms with van der Waals surface area (Å²) in [5.41, 5.74) is 6.27. The van der Waals surface area contributed by atoms with Crippen LogP contribution in [-0.2, 0) is 17.9 Å². The Morgan fingerprint density at radius 1 is 1.09 bits per heavy atom. The third-order valence-corrected chi connectivity index (χ3v) is 6.23. The van der Waals surface area contributed by atoms with Crippen molar-refractivity contribution in [3.05, 3.63) is 55.7 Å². The highest BCUT2D eigenvalue weighted by Gasteiger charge is 2.26. The van der Waals surface area contributed by atoms with Crippen LogP contribution in [0.15, 0.2) is 33.9 Å². The summed E-state index contributed by atoms with van der Waals surface area (Å²) >= 11 is 5.96. The van der Waals surface area contributed by atoms with Gasteiger partial charge in [0, 0.05) is 50.8 Å². The number of nitrogens with zero attached hydrogens (tertiary/aromatic N) is 4. The number of halogens is 1.